The van der Waals surface area contributed by atoms with Crippen molar-refractivity contribution in [1.82, 2.24) is 5.32 Å². The summed E-state index contributed by atoms with van der Waals surface area (Å²) in [5.74, 6) is -0.470. The number of hydrogen-bond donors (Lipinski definition) is 2. The summed E-state index contributed by atoms with van der Waals surface area (Å²) in [6.45, 7) is 0.441. The van der Waals surface area contributed by atoms with Crippen LogP contribution in [0.5, 0.6) is 0 Å². The molecule has 0 saturated heterocycles. The minimum atomic E-state index is -0.535. The molecular formula is C13H18N2O3. The van der Waals surface area contributed by atoms with E-state index in [2.05, 4.69) is 10.1 Å². The molecule has 98 valence electrons. The molecule has 0 bridgehead atoms. The van der Waals surface area contributed by atoms with E-state index in [4.69, 9.17) is 5.73 Å². The lowest BCUT2D eigenvalue weighted by Gasteiger charge is -2.14. The number of ketones is 1. The lowest BCUT2D eigenvalue weighted by molar-refractivity contribution is -0.143. The summed E-state index contributed by atoms with van der Waals surface area (Å²) in [5, 5.41) is 2.87. The summed E-state index contributed by atoms with van der Waals surface area (Å²) >= 11 is 0. The van der Waals surface area contributed by atoms with Crippen LogP contribution in [-0.4, -0.2) is 38.0 Å². The molecule has 1 aromatic rings. The Labute approximate surface area is 106 Å². The maximum Gasteiger partial charge on any atom is 0.322 e. The molecule has 0 aliphatic heterocycles. The molecule has 0 unspecified atom stereocenters. The maximum atomic E-state index is 11.8. The Hall–Kier alpha value is -1.72. The third-order valence-electron chi connectivity index (χ3n) is 2.55. The molecule has 5 heteroatoms. The third-order valence-corrected chi connectivity index (χ3v) is 2.55. The van der Waals surface area contributed by atoms with Gasteiger partial charge in [-0.2, -0.15) is 0 Å². The predicted octanol–water partition coefficient (Wildman–Crippen LogP) is 0.349. The summed E-state index contributed by atoms with van der Waals surface area (Å²) in [5.41, 5.74) is 6.02. The fourth-order valence-corrected chi connectivity index (χ4v) is 1.55. The highest BCUT2D eigenvalue weighted by atomic mass is 16.5. The van der Waals surface area contributed by atoms with E-state index in [0.29, 0.717) is 18.5 Å². The van der Waals surface area contributed by atoms with Crippen LogP contribution in [0.3, 0.4) is 0 Å². The minimum absolute atomic E-state index is 0.0680. The first kappa shape index (κ1) is 14.3. The minimum Gasteiger partial charge on any atom is -0.468 e. The lowest BCUT2D eigenvalue weighted by atomic mass is 10.1. The fraction of sp³-hybridized carbons (Fsp3) is 0.385. The number of Topliss-reactive ketones (excluding diaryl/α,β-unsaturated/α-hetero) is 1. The molecule has 0 aromatic heterocycles. The van der Waals surface area contributed by atoms with E-state index in [-0.39, 0.29) is 12.3 Å². The van der Waals surface area contributed by atoms with Gasteiger partial charge in [0.25, 0.3) is 0 Å². The third kappa shape index (κ3) is 4.27. The highest BCUT2D eigenvalue weighted by Crippen LogP contribution is 2.00. The fourth-order valence-electron chi connectivity index (χ4n) is 1.55. The zero-order valence-corrected chi connectivity index (χ0v) is 10.4. The molecule has 0 aliphatic rings. The number of carbonyl (C=O) groups excluding carboxylic acids is 2. The molecule has 0 aliphatic carbocycles. The molecule has 0 radical (unpaired) electrons. The van der Waals surface area contributed by atoms with Crippen LogP contribution in [0, 0.1) is 0 Å². The molecule has 3 N–H and O–H groups in total. The molecule has 0 fully saturated rings. The zero-order chi connectivity index (χ0) is 13.4. The Morgan fingerprint density at radius 3 is 2.56 bits per heavy atom. The van der Waals surface area contributed by atoms with Crippen LogP contribution < -0.4 is 11.1 Å². The summed E-state index contributed by atoms with van der Waals surface area (Å²) in [6.07, 6.45) is 0.439. The van der Waals surface area contributed by atoms with Gasteiger partial charge in [0.15, 0.2) is 5.78 Å². The van der Waals surface area contributed by atoms with Crippen molar-refractivity contribution in [3.05, 3.63) is 35.9 Å². The second-order valence-electron chi connectivity index (χ2n) is 3.82. The molecule has 1 atom stereocenters. The first-order valence-electron chi connectivity index (χ1n) is 5.78. The smallest absolute Gasteiger partial charge is 0.322 e. The van der Waals surface area contributed by atoms with E-state index in [1.165, 1.54) is 7.11 Å². The Balaban J connectivity index is 2.52. The Morgan fingerprint density at radius 2 is 2.00 bits per heavy atom. The largest absolute Gasteiger partial charge is 0.468 e. The quantitative estimate of drug-likeness (QED) is 0.539. The van der Waals surface area contributed by atoms with Gasteiger partial charge in [0.05, 0.1) is 13.7 Å². The van der Waals surface area contributed by atoms with Crippen LogP contribution in [-0.2, 0) is 9.53 Å². The number of rotatable bonds is 7. The van der Waals surface area contributed by atoms with Crippen LogP contribution in [0.4, 0.5) is 0 Å². The average Bonchev–Trinajstić information content (AvgIpc) is 2.43. The van der Waals surface area contributed by atoms with Gasteiger partial charge >= 0.3 is 5.97 Å². The highest BCUT2D eigenvalue weighted by molar-refractivity contribution is 5.97. The number of nitrogens with one attached hydrogen (secondary N) is 1. The maximum absolute atomic E-state index is 11.8. The van der Waals surface area contributed by atoms with E-state index in [1.54, 1.807) is 24.3 Å². The normalized spacial score (nSPS) is 11.9. The molecule has 0 amide bonds. The molecule has 0 spiro atoms. The Kier molecular flexibility index (Phi) is 6.04. The van der Waals surface area contributed by atoms with Gasteiger partial charge in [-0.3, -0.25) is 14.9 Å². The molecule has 5 nitrogen and oxygen atoms in total. The van der Waals surface area contributed by atoms with E-state index in [9.17, 15) is 9.59 Å². The van der Waals surface area contributed by atoms with E-state index in [1.807, 2.05) is 6.07 Å². The average molecular weight is 250 g/mol. The number of esters is 1. The number of ether oxygens (including phenoxy) is 1. The van der Waals surface area contributed by atoms with Gasteiger partial charge in [-0.15, -0.1) is 0 Å². The first-order chi connectivity index (χ1) is 8.69. The van der Waals surface area contributed by atoms with Crippen LogP contribution >= 0.6 is 0 Å². The molecule has 0 heterocycles. The molecule has 0 saturated carbocycles. The van der Waals surface area contributed by atoms with Gasteiger partial charge < -0.3 is 10.5 Å². The van der Waals surface area contributed by atoms with Crippen molar-refractivity contribution in [2.45, 2.75) is 12.5 Å². The van der Waals surface area contributed by atoms with Gasteiger partial charge in [0.1, 0.15) is 6.04 Å². The van der Waals surface area contributed by atoms with Crippen molar-refractivity contribution in [3.63, 3.8) is 0 Å². The topological polar surface area (TPSA) is 81.4 Å². The standard InChI is InChI=1S/C13H18N2O3/c1-18-13(17)11(7-8-14)15-9-12(16)10-5-3-2-4-6-10/h2-6,11,15H,7-9,14H2,1H3/t11-/m0/s1. The van der Waals surface area contributed by atoms with E-state index in [0.717, 1.165) is 0 Å². The summed E-state index contributed by atoms with van der Waals surface area (Å²) in [7, 11) is 1.31. The van der Waals surface area contributed by atoms with Crippen molar-refractivity contribution in [1.29, 1.82) is 0 Å². The van der Waals surface area contributed by atoms with Gasteiger partial charge in [-0.05, 0) is 13.0 Å². The van der Waals surface area contributed by atoms with Gasteiger partial charge in [0, 0.05) is 5.56 Å². The second-order valence-corrected chi connectivity index (χ2v) is 3.82. The van der Waals surface area contributed by atoms with Crippen LogP contribution in [0.15, 0.2) is 30.3 Å². The number of carbonyl (C=O) groups is 2. The van der Waals surface area contributed by atoms with Crippen molar-refractivity contribution in [2.24, 2.45) is 5.73 Å². The van der Waals surface area contributed by atoms with Crippen molar-refractivity contribution >= 4 is 11.8 Å². The van der Waals surface area contributed by atoms with E-state index >= 15 is 0 Å². The van der Waals surface area contributed by atoms with Crippen molar-refractivity contribution in [2.75, 3.05) is 20.2 Å². The highest BCUT2D eigenvalue weighted by Gasteiger charge is 2.18. The predicted molar refractivity (Wildman–Crippen MR) is 68.3 cm³/mol. The van der Waals surface area contributed by atoms with Crippen LogP contribution in [0.2, 0.25) is 0 Å². The number of nitrogens with two attached hydrogens (primary N) is 1. The monoisotopic (exact) mass is 250 g/mol. The van der Waals surface area contributed by atoms with E-state index < -0.39 is 12.0 Å². The Bertz CT molecular complexity index is 392. The van der Waals surface area contributed by atoms with Crippen LogP contribution in [0.1, 0.15) is 16.8 Å². The molecule has 18 heavy (non-hydrogen) atoms. The number of benzene rings is 1. The second kappa shape index (κ2) is 7.58. The summed E-state index contributed by atoms with van der Waals surface area (Å²) < 4.78 is 4.63. The molecule has 1 rings (SSSR count). The summed E-state index contributed by atoms with van der Waals surface area (Å²) in [6, 6.07) is 8.37. The van der Waals surface area contributed by atoms with Crippen molar-refractivity contribution in [3.8, 4) is 0 Å². The Morgan fingerprint density at radius 1 is 1.33 bits per heavy atom. The van der Waals surface area contributed by atoms with Crippen molar-refractivity contribution < 1.29 is 14.3 Å². The van der Waals surface area contributed by atoms with Gasteiger partial charge in [-0.25, -0.2) is 0 Å². The molecule has 1 aromatic carbocycles. The number of hydrogen-bond acceptors (Lipinski definition) is 5. The van der Waals surface area contributed by atoms with Crippen LogP contribution in [0.25, 0.3) is 0 Å². The van der Waals surface area contributed by atoms with Gasteiger partial charge in [-0.1, -0.05) is 30.3 Å². The van der Waals surface area contributed by atoms with Gasteiger partial charge in [0.2, 0.25) is 0 Å². The number of methoxy groups -OCH3 is 1. The zero-order valence-electron chi connectivity index (χ0n) is 10.4. The molecular weight excluding hydrogens is 232 g/mol. The summed E-state index contributed by atoms with van der Waals surface area (Å²) in [4.78, 5) is 23.2. The SMILES string of the molecule is COC(=O)[C@H](CCN)NCC(=O)c1ccccc1. The first-order valence-corrected chi connectivity index (χ1v) is 5.78. The lowest BCUT2D eigenvalue weighted by Crippen LogP contribution is -2.41.